The molecule has 0 aliphatic carbocycles. The molecule has 30 heavy (non-hydrogen) atoms. The maximum Gasteiger partial charge on any atom is 0.573 e. The summed E-state index contributed by atoms with van der Waals surface area (Å²) in [7, 11) is -3.41. The summed E-state index contributed by atoms with van der Waals surface area (Å²) in [6, 6.07) is 10.4. The number of rotatable bonds is 6. The zero-order chi connectivity index (χ0) is 22.1. The SMILES string of the molecule is Cc1nc2ccc(-c3ccc(OC(F)(F)F)cc3)cc2n(CCNS(C)(=O)=O)c1=O. The van der Waals surface area contributed by atoms with E-state index in [1.165, 1.54) is 28.8 Å². The van der Waals surface area contributed by atoms with E-state index in [1.54, 1.807) is 25.1 Å². The van der Waals surface area contributed by atoms with E-state index in [2.05, 4.69) is 14.4 Å². The van der Waals surface area contributed by atoms with Crippen molar-refractivity contribution >= 4 is 21.1 Å². The first kappa shape index (κ1) is 21.8. The van der Waals surface area contributed by atoms with Crippen molar-refractivity contribution in [1.29, 1.82) is 0 Å². The number of benzene rings is 2. The van der Waals surface area contributed by atoms with E-state index in [-0.39, 0.29) is 30.1 Å². The molecule has 0 saturated carbocycles. The Kier molecular flexibility index (Phi) is 5.86. The molecule has 1 aromatic heterocycles. The molecule has 0 atom stereocenters. The van der Waals surface area contributed by atoms with Gasteiger partial charge < -0.3 is 9.30 Å². The van der Waals surface area contributed by atoms with E-state index >= 15 is 0 Å². The third-order valence-corrected chi connectivity index (χ3v) is 4.96. The van der Waals surface area contributed by atoms with Gasteiger partial charge in [0.1, 0.15) is 11.4 Å². The van der Waals surface area contributed by atoms with Crippen LogP contribution < -0.4 is 15.0 Å². The van der Waals surface area contributed by atoms with Gasteiger partial charge in [-0.1, -0.05) is 18.2 Å². The Morgan fingerprint density at radius 1 is 1.10 bits per heavy atom. The van der Waals surface area contributed by atoms with Gasteiger partial charge >= 0.3 is 6.36 Å². The maximum atomic E-state index is 12.6. The van der Waals surface area contributed by atoms with Crippen molar-refractivity contribution in [2.45, 2.75) is 19.8 Å². The fourth-order valence-electron chi connectivity index (χ4n) is 2.96. The number of sulfonamides is 1. The molecule has 2 aromatic carbocycles. The van der Waals surface area contributed by atoms with Gasteiger partial charge in [0.2, 0.25) is 10.0 Å². The average Bonchev–Trinajstić information content (AvgIpc) is 2.63. The summed E-state index contributed by atoms with van der Waals surface area (Å²) < 4.78 is 67.2. The molecule has 0 spiro atoms. The van der Waals surface area contributed by atoms with E-state index in [4.69, 9.17) is 0 Å². The molecule has 1 heterocycles. The molecule has 7 nitrogen and oxygen atoms in total. The van der Waals surface area contributed by atoms with Crippen LogP contribution in [0, 0.1) is 6.92 Å². The Balaban J connectivity index is 1.99. The first-order valence-electron chi connectivity index (χ1n) is 8.75. The molecular formula is C19H18F3N3O4S. The van der Waals surface area contributed by atoms with Gasteiger partial charge in [-0.05, 0) is 42.3 Å². The highest BCUT2D eigenvalue weighted by Gasteiger charge is 2.30. The molecule has 0 amide bonds. The van der Waals surface area contributed by atoms with Gasteiger partial charge in [0.05, 0.1) is 17.3 Å². The number of alkyl halides is 3. The molecule has 3 aromatic rings. The zero-order valence-corrected chi connectivity index (χ0v) is 16.8. The monoisotopic (exact) mass is 441 g/mol. The Hall–Kier alpha value is -2.92. The van der Waals surface area contributed by atoms with Crippen LogP contribution in [0.4, 0.5) is 13.2 Å². The number of halogens is 3. The molecule has 0 fully saturated rings. The Labute approximate surface area is 170 Å². The van der Waals surface area contributed by atoms with Crippen LogP contribution in [0.5, 0.6) is 5.75 Å². The van der Waals surface area contributed by atoms with Crippen LogP contribution in [0.2, 0.25) is 0 Å². The molecule has 0 unspecified atom stereocenters. The molecular weight excluding hydrogens is 423 g/mol. The summed E-state index contributed by atoms with van der Waals surface area (Å²) in [5.41, 5.74) is 2.18. The molecule has 0 aliphatic heterocycles. The summed E-state index contributed by atoms with van der Waals surface area (Å²) in [6.45, 7) is 1.67. The predicted octanol–water partition coefficient (Wildman–Crippen LogP) is 2.82. The predicted molar refractivity (Wildman–Crippen MR) is 106 cm³/mol. The number of hydrogen-bond acceptors (Lipinski definition) is 5. The van der Waals surface area contributed by atoms with Crippen LogP contribution in [0.15, 0.2) is 47.3 Å². The second kappa shape index (κ2) is 8.07. The lowest BCUT2D eigenvalue weighted by Crippen LogP contribution is -2.31. The normalized spacial score (nSPS) is 12.3. The van der Waals surface area contributed by atoms with E-state index in [0.29, 0.717) is 22.2 Å². The summed E-state index contributed by atoms with van der Waals surface area (Å²) in [5, 5.41) is 0. The molecule has 0 aliphatic rings. The van der Waals surface area contributed by atoms with Gasteiger partial charge in [-0.15, -0.1) is 13.2 Å². The Morgan fingerprint density at radius 3 is 2.33 bits per heavy atom. The molecule has 160 valence electrons. The number of hydrogen-bond donors (Lipinski definition) is 1. The molecule has 11 heteroatoms. The van der Waals surface area contributed by atoms with Crippen LogP contribution in [0.3, 0.4) is 0 Å². The van der Waals surface area contributed by atoms with Gasteiger partial charge in [-0.2, -0.15) is 0 Å². The van der Waals surface area contributed by atoms with Crippen LogP contribution in [0.1, 0.15) is 5.69 Å². The topological polar surface area (TPSA) is 90.3 Å². The lowest BCUT2D eigenvalue weighted by Gasteiger charge is -2.13. The van der Waals surface area contributed by atoms with Crippen molar-refractivity contribution in [3.8, 4) is 16.9 Å². The van der Waals surface area contributed by atoms with E-state index in [1.807, 2.05) is 0 Å². The van der Waals surface area contributed by atoms with Crippen LogP contribution >= 0.6 is 0 Å². The van der Waals surface area contributed by atoms with E-state index in [0.717, 1.165) is 6.26 Å². The highest BCUT2D eigenvalue weighted by atomic mass is 32.2. The number of aromatic nitrogens is 2. The number of aryl methyl sites for hydroxylation is 1. The van der Waals surface area contributed by atoms with Crippen LogP contribution in [-0.2, 0) is 16.6 Å². The van der Waals surface area contributed by atoms with Crippen LogP contribution in [-0.4, -0.2) is 37.1 Å². The van der Waals surface area contributed by atoms with Crippen molar-refractivity contribution in [2.75, 3.05) is 12.8 Å². The minimum atomic E-state index is -4.77. The zero-order valence-electron chi connectivity index (χ0n) is 16.0. The van der Waals surface area contributed by atoms with Crippen LogP contribution in [0.25, 0.3) is 22.2 Å². The van der Waals surface area contributed by atoms with E-state index in [9.17, 15) is 26.4 Å². The van der Waals surface area contributed by atoms with E-state index < -0.39 is 16.4 Å². The number of fused-ring (bicyclic) bond motifs is 1. The first-order valence-corrected chi connectivity index (χ1v) is 10.6. The molecule has 1 N–H and O–H groups in total. The lowest BCUT2D eigenvalue weighted by atomic mass is 10.0. The Morgan fingerprint density at radius 2 is 1.73 bits per heavy atom. The van der Waals surface area contributed by atoms with Crippen molar-refractivity contribution < 1.29 is 26.3 Å². The first-order chi connectivity index (χ1) is 13.9. The fraction of sp³-hybridized carbons (Fsp3) is 0.263. The molecule has 0 bridgehead atoms. The number of nitrogens with one attached hydrogen (secondary N) is 1. The van der Waals surface area contributed by atoms with Crippen molar-refractivity contribution in [2.24, 2.45) is 0 Å². The van der Waals surface area contributed by atoms with Crippen molar-refractivity contribution in [3.05, 3.63) is 58.5 Å². The standard InChI is InChI=1S/C19H18F3N3O4S/c1-12-18(26)25(10-9-23-30(2,27)28)17-11-14(5-8-16(17)24-12)13-3-6-15(7-4-13)29-19(20,21)22/h3-8,11,23H,9-10H2,1-2H3. The highest BCUT2D eigenvalue weighted by molar-refractivity contribution is 7.88. The summed E-state index contributed by atoms with van der Waals surface area (Å²) in [6.07, 6.45) is -3.75. The number of ether oxygens (including phenoxy) is 1. The number of nitrogens with zero attached hydrogens (tertiary/aromatic N) is 2. The summed E-state index contributed by atoms with van der Waals surface area (Å²) in [5.74, 6) is -0.340. The van der Waals surface area contributed by atoms with Gasteiger partial charge in [0, 0.05) is 13.1 Å². The van der Waals surface area contributed by atoms with Crippen molar-refractivity contribution in [1.82, 2.24) is 14.3 Å². The van der Waals surface area contributed by atoms with Crippen molar-refractivity contribution in [3.63, 3.8) is 0 Å². The smallest absolute Gasteiger partial charge is 0.406 e. The highest BCUT2D eigenvalue weighted by Crippen LogP contribution is 2.28. The molecule has 3 rings (SSSR count). The largest absolute Gasteiger partial charge is 0.573 e. The second-order valence-electron chi connectivity index (χ2n) is 6.60. The molecule has 0 saturated heterocycles. The van der Waals surface area contributed by atoms with Gasteiger partial charge in [-0.25, -0.2) is 18.1 Å². The quantitative estimate of drug-likeness (QED) is 0.635. The minimum Gasteiger partial charge on any atom is -0.406 e. The Bertz CT molecular complexity index is 1240. The fourth-order valence-corrected chi connectivity index (χ4v) is 3.42. The van der Waals surface area contributed by atoms with Gasteiger partial charge in [0.25, 0.3) is 5.56 Å². The second-order valence-corrected chi connectivity index (χ2v) is 8.43. The maximum absolute atomic E-state index is 12.6. The lowest BCUT2D eigenvalue weighted by molar-refractivity contribution is -0.274. The van der Waals surface area contributed by atoms with Gasteiger partial charge in [0.15, 0.2) is 0 Å². The third-order valence-electron chi connectivity index (χ3n) is 4.23. The van der Waals surface area contributed by atoms with Gasteiger partial charge in [-0.3, -0.25) is 4.79 Å². The molecule has 0 radical (unpaired) electrons. The third kappa shape index (κ3) is 5.36. The summed E-state index contributed by atoms with van der Waals surface area (Å²) in [4.78, 5) is 16.8. The summed E-state index contributed by atoms with van der Waals surface area (Å²) >= 11 is 0. The minimum absolute atomic E-state index is 0.0188. The average molecular weight is 441 g/mol.